The zero-order valence-corrected chi connectivity index (χ0v) is 17.8. The van der Waals surface area contributed by atoms with Gasteiger partial charge in [0.05, 0.1) is 7.11 Å². The number of anilines is 1. The number of methoxy groups -OCH3 is 1. The molecule has 3 rings (SSSR count). The maximum atomic E-state index is 12.2. The second kappa shape index (κ2) is 10.9. The van der Waals surface area contributed by atoms with Gasteiger partial charge in [0.1, 0.15) is 5.75 Å². The normalized spacial score (nSPS) is 18.5. The molecule has 29 heavy (non-hydrogen) atoms. The van der Waals surface area contributed by atoms with E-state index in [1.807, 2.05) is 12.1 Å². The summed E-state index contributed by atoms with van der Waals surface area (Å²) in [4.78, 5) is 21.2. The minimum absolute atomic E-state index is 0.141. The van der Waals surface area contributed by atoms with Gasteiger partial charge in [0.2, 0.25) is 5.91 Å². The van der Waals surface area contributed by atoms with Crippen molar-refractivity contribution in [1.29, 1.82) is 0 Å². The molecule has 1 aliphatic carbocycles. The van der Waals surface area contributed by atoms with Crippen LogP contribution in [-0.4, -0.2) is 69.7 Å². The highest BCUT2D eigenvalue weighted by Crippen LogP contribution is 2.22. The van der Waals surface area contributed by atoms with E-state index in [1.165, 1.54) is 24.9 Å². The van der Waals surface area contributed by atoms with Gasteiger partial charge in [0, 0.05) is 64.0 Å². The summed E-state index contributed by atoms with van der Waals surface area (Å²) in [5.74, 6) is 1.90. The van der Waals surface area contributed by atoms with Gasteiger partial charge in [-0.15, -0.1) is 0 Å². The van der Waals surface area contributed by atoms with Crippen molar-refractivity contribution in [3.05, 3.63) is 24.3 Å². The number of benzene rings is 1. The zero-order chi connectivity index (χ0) is 20.5. The van der Waals surface area contributed by atoms with Crippen molar-refractivity contribution in [3.8, 4) is 5.75 Å². The van der Waals surface area contributed by atoms with Crippen LogP contribution in [0.2, 0.25) is 0 Å². The first-order valence-corrected chi connectivity index (χ1v) is 10.8. The van der Waals surface area contributed by atoms with Gasteiger partial charge in [-0.1, -0.05) is 25.3 Å². The molecular formula is C22H35N5O2. The lowest BCUT2D eigenvalue weighted by molar-refractivity contribution is -0.121. The molecule has 0 spiro atoms. The van der Waals surface area contributed by atoms with Crippen molar-refractivity contribution in [2.24, 2.45) is 4.99 Å². The third-order valence-corrected chi connectivity index (χ3v) is 5.81. The number of aliphatic imine (C=N–C) groups is 1. The Morgan fingerprint density at radius 1 is 1.17 bits per heavy atom. The number of rotatable bonds is 6. The molecule has 1 saturated carbocycles. The molecule has 1 aromatic rings. The van der Waals surface area contributed by atoms with Crippen molar-refractivity contribution < 1.29 is 9.53 Å². The largest absolute Gasteiger partial charge is 0.497 e. The molecule has 0 unspecified atom stereocenters. The number of carbonyl (C=O) groups is 1. The van der Waals surface area contributed by atoms with E-state index in [4.69, 9.17) is 4.74 Å². The lowest BCUT2D eigenvalue weighted by Gasteiger charge is -2.37. The number of hydrogen-bond acceptors (Lipinski definition) is 4. The predicted octanol–water partition coefficient (Wildman–Crippen LogP) is 2.23. The SMILES string of the molecule is CN=C(NCCC(=O)NC1CCCCC1)N1CCN(c2cccc(OC)c2)CC1. The summed E-state index contributed by atoms with van der Waals surface area (Å²) in [7, 11) is 3.50. The lowest BCUT2D eigenvalue weighted by Crippen LogP contribution is -2.53. The average molecular weight is 402 g/mol. The van der Waals surface area contributed by atoms with Crippen LogP contribution in [0, 0.1) is 0 Å². The third-order valence-electron chi connectivity index (χ3n) is 5.81. The number of guanidine groups is 1. The third kappa shape index (κ3) is 6.27. The van der Waals surface area contributed by atoms with Gasteiger partial charge in [0.25, 0.3) is 0 Å². The Bertz CT molecular complexity index is 680. The van der Waals surface area contributed by atoms with Gasteiger partial charge in [0.15, 0.2) is 5.96 Å². The Kier molecular flexibility index (Phi) is 8.02. The first kappa shape index (κ1) is 21.3. The number of nitrogens with zero attached hydrogens (tertiary/aromatic N) is 3. The van der Waals surface area contributed by atoms with E-state index in [2.05, 4.69) is 37.6 Å². The zero-order valence-electron chi connectivity index (χ0n) is 17.8. The van der Waals surface area contributed by atoms with Crippen molar-refractivity contribution in [1.82, 2.24) is 15.5 Å². The Morgan fingerprint density at radius 2 is 1.93 bits per heavy atom. The van der Waals surface area contributed by atoms with Crippen LogP contribution < -0.4 is 20.3 Å². The molecule has 0 aromatic heterocycles. The number of carbonyl (C=O) groups excluding carboxylic acids is 1. The van der Waals surface area contributed by atoms with Crippen LogP contribution in [0.25, 0.3) is 0 Å². The van der Waals surface area contributed by atoms with Gasteiger partial charge in [-0.25, -0.2) is 0 Å². The Balaban J connectivity index is 1.40. The summed E-state index contributed by atoms with van der Waals surface area (Å²) in [5, 5.41) is 6.53. The fraction of sp³-hybridized carbons (Fsp3) is 0.636. The summed E-state index contributed by atoms with van der Waals surface area (Å²) in [6, 6.07) is 8.57. The highest BCUT2D eigenvalue weighted by atomic mass is 16.5. The molecule has 1 saturated heterocycles. The van der Waals surface area contributed by atoms with Crippen LogP contribution in [-0.2, 0) is 4.79 Å². The molecule has 7 nitrogen and oxygen atoms in total. The molecule has 160 valence electrons. The number of nitrogens with one attached hydrogen (secondary N) is 2. The molecule has 1 aromatic carbocycles. The molecule has 7 heteroatoms. The molecule has 1 heterocycles. The van der Waals surface area contributed by atoms with Crippen molar-refractivity contribution in [3.63, 3.8) is 0 Å². The highest BCUT2D eigenvalue weighted by Gasteiger charge is 2.20. The number of ether oxygens (including phenoxy) is 1. The fourth-order valence-electron chi connectivity index (χ4n) is 4.15. The van der Waals surface area contributed by atoms with Crippen LogP contribution in [0.4, 0.5) is 5.69 Å². The first-order valence-electron chi connectivity index (χ1n) is 10.8. The van der Waals surface area contributed by atoms with E-state index in [-0.39, 0.29) is 5.91 Å². The summed E-state index contributed by atoms with van der Waals surface area (Å²) in [5.41, 5.74) is 1.19. The second-order valence-electron chi connectivity index (χ2n) is 7.80. The number of piperazine rings is 1. The topological polar surface area (TPSA) is 69.2 Å². The van der Waals surface area contributed by atoms with Gasteiger partial charge < -0.3 is 25.2 Å². The predicted molar refractivity (Wildman–Crippen MR) is 118 cm³/mol. The first-order chi connectivity index (χ1) is 14.2. The van der Waals surface area contributed by atoms with Crippen LogP contribution in [0.3, 0.4) is 0 Å². The maximum Gasteiger partial charge on any atom is 0.221 e. The van der Waals surface area contributed by atoms with Gasteiger partial charge in [-0.05, 0) is 25.0 Å². The summed E-state index contributed by atoms with van der Waals surface area (Å²) in [6.45, 7) is 4.25. The standard InChI is InChI=1S/C22H35N5O2/c1-23-22(24-12-11-21(28)25-18-7-4-3-5-8-18)27-15-13-26(14-16-27)19-9-6-10-20(17-19)29-2/h6,9-10,17-18H,3-5,7-8,11-16H2,1-2H3,(H,23,24)(H,25,28). The smallest absolute Gasteiger partial charge is 0.221 e. The Hall–Kier alpha value is -2.44. The Labute approximate surface area is 174 Å². The number of amides is 1. The van der Waals surface area contributed by atoms with Gasteiger partial charge >= 0.3 is 0 Å². The molecule has 2 fully saturated rings. The van der Waals surface area contributed by atoms with E-state index < -0.39 is 0 Å². The van der Waals surface area contributed by atoms with Crippen LogP contribution in [0.1, 0.15) is 38.5 Å². The lowest BCUT2D eigenvalue weighted by atomic mass is 9.95. The average Bonchev–Trinajstić information content (AvgIpc) is 2.77. The molecule has 2 aliphatic rings. The van der Waals surface area contributed by atoms with Gasteiger partial charge in [-0.2, -0.15) is 0 Å². The van der Waals surface area contributed by atoms with Crippen LogP contribution in [0.5, 0.6) is 5.75 Å². The maximum absolute atomic E-state index is 12.2. The van der Waals surface area contributed by atoms with Crippen molar-refractivity contribution in [2.75, 3.05) is 51.8 Å². The monoisotopic (exact) mass is 401 g/mol. The minimum atomic E-state index is 0.141. The van der Waals surface area contributed by atoms with Gasteiger partial charge in [-0.3, -0.25) is 9.79 Å². The van der Waals surface area contributed by atoms with E-state index in [1.54, 1.807) is 14.2 Å². The molecule has 1 aliphatic heterocycles. The molecule has 2 N–H and O–H groups in total. The minimum Gasteiger partial charge on any atom is -0.497 e. The fourth-order valence-corrected chi connectivity index (χ4v) is 4.15. The van der Waals surface area contributed by atoms with Crippen LogP contribution in [0.15, 0.2) is 29.3 Å². The van der Waals surface area contributed by atoms with E-state index in [0.29, 0.717) is 19.0 Å². The summed E-state index contributed by atoms with van der Waals surface area (Å²) >= 11 is 0. The Morgan fingerprint density at radius 3 is 2.62 bits per heavy atom. The van der Waals surface area contributed by atoms with E-state index in [0.717, 1.165) is 50.7 Å². The number of hydrogen-bond donors (Lipinski definition) is 2. The highest BCUT2D eigenvalue weighted by molar-refractivity contribution is 5.81. The van der Waals surface area contributed by atoms with Crippen molar-refractivity contribution >= 4 is 17.6 Å². The van der Waals surface area contributed by atoms with E-state index in [9.17, 15) is 4.79 Å². The summed E-state index contributed by atoms with van der Waals surface area (Å²) < 4.78 is 5.33. The summed E-state index contributed by atoms with van der Waals surface area (Å²) in [6.07, 6.45) is 6.50. The molecule has 0 radical (unpaired) electrons. The van der Waals surface area contributed by atoms with Crippen molar-refractivity contribution in [2.45, 2.75) is 44.6 Å². The van der Waals surface area contributed by atoms with E-state index >= 15 is 0 Å². The second-order valence-corrected chi connectivity index (χ2v) is 7.80. The molecular weight excluding hydrogens is 366 g/mol. The molecule has 0 bridgehead atoms. The quantitative estimate of drug-likeness (QED) is 0.565. The van der Waals surface area contributed by atoms with Crippen LogP contribution >= 0.6 is 0 Å². The molecule has 1 amide bonds. The molecule has 0 atom stereocenters.